The number of nitrogens with zero attached hydrogens (tertiary/aromatic N) is 1. The number of hydrogen-bond donors (Lipinski definition) is 1. The minimum atomic E-state index is 0.761. The Morgan fingerprint density at radius 1 is 1.44 bits per heavy atom. The number of thioether (sulfide) groups is 1. The SMILES string of the molecule is CCC(CSC)N(C)CCC(C)C1CCCNC1. The molecule has 0 aromatic carbocycles. The van der Waals surface area contributed by atoms with Crippen LogP contribution < -0.4 is 5.32 Å². The normalized spacial score (nSPS) is 24.2. The molecule has 1 fully saturated rings. The summed E-state index contributed by atoms with van der Waals surface area (Å²) in [6, 6.07) is 0.761. The molecular weight excluding hydrogens is 240 g/mol. The van der Waals surface area contributed by atoms with Gasteiger partial charge in [-0.3, -0.25) is 0 Å². The van der Waals surface area contributed by atoms with E-state index in [9.17, 15) is 0 Å². The van der Waals surface area contributed by atoms with E-state index in [-0.39, 0.29) is 0 Å². The van der Waals surface area contributed by atoms with Gasteiger partial charge in [0.25, 0.3) is 0 Å². The van der Waals surface area contributed by atoms with Crippen LogP contribution in [0.1, 0.15) is 39.5 Å². The van der Waals surface area contributed by atoms with E-state index in [1.165, 1.54) is 51.1 Å². The first-order valence-electron chi connectivity index (χ1n) is 7.58. The largest absolute Gasteiger partial charge is 0.316 e. The zero-order valence-corrected chi connectivity index (χ0v) is 13.6. The zero-order chi connectivity index (χ0) is 13.4. The fourth-order valence-corrected chi connectivity index (χ4v) is 3.81. The molecule has 3 heteroatoms. The van der Waals surface area contributed by atoms with Crippen LogP contribution in [0.25, 0.3) is 0 Å². The highest BCUT2D eigenvalue weighted by atomic mass is 32.2. The van der Waals surface area contributed by atoms with Gasteiger partial charge in [-0.25, -0.2) is 0 Å². The van der Waals surface area contributed by atoms with Crippen molar-refractivity contribution in [3.8, 4) is 0 Å². The Labute approximate surface area is 118 Å². The number of hydrogen-bond acceptors (Lipinski definition) is 3. The lowest BCUT2D eigenvalue weighted by Crippen LogP contribution is -2.37. The third-order valence-electron chi connectivity index (χ3n) is 4.53. The van der Waals surface area contributed by atoms with Crippen molar-refractivity contribution >= 4 is 11.8 Å². The van der Waals surface area contributed by atoms with E-state index in [1.807, 2.05) is 11.8 Å². The van der Waals surface area contributed by atoms with Crippen LogP contribution in [-0.2, 0) is 0 Å². The number of nitrogens with one attached hydrogen (secondary N) is 1. The lowest BCUT2D eigenvalue weighted by atomic mass is 9.85. The van der Waals surface area contributed by atoms with Crippen molar-refractivity contribution < 1.29 is 0 Å². The highest BCUT2D eigenvalue weighted by Gasteiger charge is 2.21. The Balaban J connectivity index is 2.25. The summed E-state index contributed by atoms with van der Waals surface area (Å²) in [7, 11) is 2.30. The van der Waals surface area contributed by atoms with Crippen LogP contribution in [0.4, 0.5) is 0 Å². The third kappa shape index (κ3) is 5.50. The van der Waals surface area contributed by atoms with Gasteiger partial charge in [0.1, 0.15) is 0 Å². The molecule has 0 aromatic heterocycles. The fourth-order valence-electron chi connectivity index (χ4n) is 2.94. The van der Waals surface area contributed by atoms with Gasteiger partial charge in [-0.15, -0.1) is 0 Å². The molecule has 0 radical (unpaired) electrons. The fraction of sp³-hybridized carbons (Fsp3) is 1.00. The predicted octanol–water partition coefficient (Wildman–Crippen LogP) is 3.09. The lowest BCUT2D eigenvalue weighted by molar-refractivity contribution is 0.204. The molecule has 1 N–H and O–H groups in total. The first kappa shape index (κ1) is 16.3. The molecule has 0 spiro atoms. The van der Waals surface area contributed by atoms with Crippen molar-refractivity contribution in [3.05, 3.63) is 0 Å². The Hall–Kier alpha value is 0.270. The first-order chi connectivity index (χ1) is 8.69. The summed E-state index contributed by atoms with van der Waals surface area (Å²) in [5.74, 6) is 3.05. The maximum atomic E-state index is 3.54. The Kier molecular flexibility index (Phi) is 8.36. The van der Waals surface area contributed by atoms with Crippen LogP contribution in [0.3, 0.4) is 0 Å². The van der Waals surface area contributed by atoms with Gasteiger partial charge in [-0.05, 0) is 70.5 Å². The minimum Gasteiger partial charge on any atom is -0.316 e. The maximum Gasteiger partial charge on any atom is 0.0180 e. The van der Waals surface area contributed by atoms with Crippen LogP contribution in [-0.4, -0.2) is 49.6 Å². The summed E-state index contributed by atoms with van der Waals surface area (Å²) in [5, 5.41) is 3.54. The van der Waals surface area contributed by atoms with E-state index < -0.39 is 0 Å². The van der Waals surface area contributed by atoms with Crippen molar-refractivity contribution in [2.24, 2.45) is 11.8 Å². The van der Waals surface area contributed by atoms with E-state index in [0.29, 0.717) is 0 Å². The monoisotopic (exact) mass is 272 g/mol. The molecular formula is C15H32N2S. The number of piperidine rings is 1. The van der Waals surface area contributed by atoms with Crippen molar-refractivity contribution in [1.82, 2.24) is 10.2 Å². The Bertz CT molecular complexity index is 194. The van der Waals surface area contributed by atoms with Gasteiger partial charge in [0.05, 0.1) is 0 Å². The molecule has 1 heterocycles. The predicted molar refractivity (Wildman–Crippen MR) is 84.5 cm³/mol. The van der Waals surface area contributed by atoms with E-state index in [1.54, 1.807) is 0 Å². The van der Waals surface area contributed by atoms with Gasteiger partial charge < -0.3 is 10.2 Å². The summed E-state index contributed by atoms with van der Waals surface area (Å²) in [4.78, 5) is 2.57. The number of rotatable bonds is 8. The topological polar surface area (TPSA) is 15.3 Å². The Morgan fingerprint density at radius 3 is 2.78 bits per heavy atom. The first-order valence-corrected chi connectivity index (χ1v) is 8.98. The van der Waals surface area contributed by atoms with Crippen molar-refractivity contribution in [2.75, 3.05) is 38.7 Å². The molecule has 0 bridgehead atoms. The van der Waals surface area contributed by atoms with Crippen LogP contribution in [0.15, 0.2) is 0 Å². The standard InChI is InChI=1S/C15H32N2S/c1-5-15(12-18-4)17(3)10-8-13(2)14-7-6-9-16-11-14/h13-16H,5-12H2,1-4H3. The molecule has 1 aliphatic rings. The van der Waals surface area contributed by atoms with E-state index >= 15 is 0 Å². The average Bonchev–Trinajstić information content (AvgIpc) is 2.42. The van der Waals surface area contributed by atoms with Crippen LogP contribution >= 0.6 is 11.8 Å². The molecule has 2 nitrogen and oxygen atoms in total. The second kappa shape index (κ2) is 9.22. The van der Waals surface area contributed by atoms with E-state index in [4.69, 9.17) is 0 Å². The zero-order valence-electron chi connectivity index (χ0n) is 12.7. The minimum absolute atomic E-state index is 0.761. The molecule has 18 heavy (non-hydrogen) atoms. The lowest BCUT2D eigenvalue weighted by Gasteiger charge is -2.31. The summed E-state index contributed by atoms with van der Waals surface area (Å²) >= 11 is 1.97. The van der Waals surface area contributed by atoms with Gasteiger partial charge in [-0.2, -0.15) is 11.8 Å². The molecule has 1 aliphatic heterocycles. The van der Waals surface area contributed by atoms with Gasteiger partial charge in [0.15, 0.2) is 0 Å². The van der Waals surface area contributed by atoms with Crippen molar-refractivity contribution in [3.63, 3.8) is 0 Å². The summed E-state index contributed by atoms with van der Waals surface area (Å²) < 4.78 is 0. The van der Waals surface area contributed by atoms with Gasteiger partial charge in [0.2, 0.25) is 0 Å². The van der Waals surface area contributed by atoms with Gasteiger partial charge in [-0.1, -0.05) is 13.8 Å². The molecule has 1 saturated heterocycles. The van der Waals surface area contributed by atoms with E-state index in [2.05, 4.69) is 37.4 Å². The molecule has 0 amide bonds. The van der Waals surface area contributed by atoms with Crippen LogP contribution in [0, 0.1) is 11.8 Å². The Morgan fingerprint density at radius 2 is 2.22 bits per heavy atom. The maximum absolute atomic E-state index is 3.54. The third-order valence-corrected chi connectivity index (χ3v) is 5.25. The molecule has 108 valence electrons. The van der Waals surface area contributed by atoms with Gasteiger partial charge in [0, 0.05) is 11.8 Å². The van der Waals surface area contributed by atoms with Crippen LogP contribution in [0.2, 0.25) is 0 Å². The summed E-state index contributed by atoms with van der Waals surface area (Å²) in [6.45, 7) is 8.49. The van der Waals surface area contributed by atoms with E-state index in [0.717, 1.165) is 17.9 Å². The molecule has 0 aromatic rings. The summed E-state index contributed by atoms with van der Waals surface area (Å²) in [5.41, 5.74) is 0. The second-order valence-corrected chi connectivity index (χ2v) is 6.78. The van der Waals surface area contributed by atoms with Crippen molar-refractivity contribution in [2.45, 2.75) is 45.6 Å². The molecule has 1 rings (SSSR count). The van der Waals surface area contributed by atoms with Crippen molar-refractivity contribution in [1.29, 1.82) is 0 Å². The van der Waals surface area contributed by atoms with Crippen LogP contribution in [0.5, 0.6) is 0 Å². The molecule has 3 unspecified atom stereocenters. The quantitative estimate of drug-likeness (QED) is 0.731. The average molecular weight is 273 g/mol. The highest BCUT2D eigenvalue weighted by Crippen LogP contribution is 2.23. The smallest absolute Gasteiger partial charge is 0.0180 e. The molecule has 3 atom stereocenters. The summed E-state index contributed by atoms with van der Waals surface area (Å²) in [6.07, 6.45) is 7.64. The highest BCUT2D eigenvalue weighted by molar-refractivity contribution is 7.98. The van der Waals surface area contributed by atoms with Gasteiger partial charge >= 0.3 is 0 Å². The molecule has 0 aliphatic carbocycles. The second-order valence-electron chi connectivity index (χ2n) is 5.87. The molecule has 0 saturated carbocycles.